The average molecular weight is 120 g/mol. The van der Waals surface area contributed by atoms with E-state index >= 15 is 0 Å². The molecule has 0 amide bonds. The molecule has 0 heterocycles. The molecule has 2 heteroatoms. The lowest BCUT2D eigenvalue weighted by atomic mass is 10.4. The molecule has 0 aromatic carbocycles. The van der Waals surface area contributed by atoms with Crippen LogP contribution in [0, 0.1) is 0 Å². The highest BCUT2D eigenvalue weighted by Crippen LogP contribution is 2.12. The first-order valence-corrected chi connectivity index (χ1v) is 5.08. The molecule has 0 saturated heterocycles. The second-order valence-electron chi connectivity index (χ2n) is 2.06. The van der Waals surface area contributed by atoms with Crippen molar-refractivity contribution in [2.45, 2.75) is 32.4 Å². The van der Waals surface area contributed by atoms with Crippen molar-refractivity contribution < 1.29 is 4.11 Å². The Kier molecular flexibility index (Phi) is 3.25. The summed E-state index contributed by atoms with van der Waals surface area (Å²) in [7, 11) is -1.76. The maximum Gasteiger partial charge on any atom is 0.231 e. The minimum absolute atomic E-state index is 0.375. The quantitative estimate of drug-likeness (QED) is 0.387. The van der Waals surface area contributed by atoms with Crippen LogP contribution in [0.2, 0.25) is 12.1 Å². The van der Waals surface area contributed by atoms with Crippen LogP contribution in [0.15, 0.2) is 0 Å². The fourth-order valence-corrected chi connectivity index (χ4v) is 0.974. The zero-order chi connectivity index (χ0) is 5.86. The molecule has 0 aromatic heterocycles. The molecule has 0 nitrogen and oxygen atoms in total. The SMILES string of the molecule is CCC(C)[SiH](C)F. The lowest BCUT2D eigenvalue weighted by Gasteiger charge is -2.04. The van der Waals surface area contributed by atoms with Crippen LogP contribution >= 0.6 is 0 Å². The average Bonchev–Trinajstić information content (AvgIpc) is 1.65. The zero-order valence-electron chi connectivity index (χ0n) is 5.24. The van der Waals surface area contributed by atoms with E-state index < -0.39 is 9.13 Å². The summed E-state index contributed by atoms with van der Waals surface area (Å²) in [5.74, 6) is 0. The number of rotatable bonds is 2. The van der Waals surface area contributed by atoms with E-state index in [1.807, 2.05) is 13.8 Å². The first-order chi connectivity index (χ1) is 3.18. The fourth-order valence-electron chi connectivity index (χ4n) is 0.325. The van der Waals surface area contributed by atoms with Gasteiger partial charge in [-0.1, -0.05) is 20.3 Å². The van der Waals surface area contributed by atoms with Crippen molar-refractivity contribution in [1.82, 2.24) is 0 Å². The van der Waals surface area contributed by atoms with E-state index in [2.05, 4.69) is 0 Å². The molecule has 2 unspecified atom stereocenters. The van der Waals surface area contributed by atoms with Gasteiger partial charge in [-0.05, 0) is 12.1 Å². The van der Waals surface area contributed by atoms with Gasteiger partial charge in [0.2, 0.25) is 9.13 Å². The predicted molar refractivity (Wildman–Crippen MR) is 33.8 cm³/mol. The van der Waals surface area contributed by atoms with E-state index in [9.17, 15) is 4.11 Å². The molecule has 0 spiro atoms. The molecule has 44 valence electrons. The standard InChI is InChI=1S/C5H13FSi/c1-4-5(2)7(3)6/h5,7H,4H2,1-3H3. The maximum atomic E-state index is 12.2. The molecule has 7 heavy (non-hydrogen) atoms. The normalized spacial score (nSPS) is 18.9. The summed E-state index contributed by atoms with van der Waals surface area (Å²) in [5, 5.41) is 0. The Morgan fingerprint density at radius 2 is 2.14 bits per heavy atom. The Labute approximate surface area is 46.5 Å². The van der Waals surface area contributed by atoms with Crippen molar-refractivity contribution >= 4 is 9.13 Å². The Balaban J connectivity index is 3.14. The summed E-state index contributed by atoms with van der Waals surface area (Å²) < 4.78 is 12.2. The molecule has 0 bridgehead atoms. The number of hydrogen-bond acceptors (Lipinski definition) is 0. The van der Waals surface area contributed by atoms with Crippen molar-refractivity contribution in [2.24, 2.45) is 0 Å². The molecule has 2 atom stereocenters. The van der Waals surface area contributed by atoms with E-state index in [1.165, 1.54) is 0 Å². The van der Waals surface area contributed by atoms with Crippen molar-refractivity contribution in [1.29, 1.82) is 0 Å². The summed E-state index contributed by atoms with van der Waals surface area (Å²) in [5.41, 5.74) is 0.375. The largest absolute Gasteiger partial charge is 0.318 e. The molecule has 0 aliphatic heterocycles. The molecule has 0 saturated carbocycles. The van der Waals surface area contributed by atoms with Gasteiger partial charge in [-0.25, -0.2) is 0 Å². The molecule has 0 aromatic rings. The second-order valence-corrected chi connectivity index (χ2v) is 4.56. The summed E-state index contributed by atoms with van der Waals surface area (Å²) in [6.07, 6.45) is 1.00. The predicted octanol–water partition coefficient (Wildman–Crippen LogP) is 2.11. The summed E-state index contributed by atoms with van der Waals surface area (Å²) in [4.78, 5) is 0. The second kappa shape index (κ2) is 3.19. The maximum absolute atomic E-state index is 12.2. The van der Waals surface area contributed by atoms with E-state index in [0.717, 1.165) is 6.42 Å². The van der Waals surface area contributed by atoms with Gasteiger partial charge in [0.25, 0.3) is 0 Å². The van der Waals surface area contributed by atoms with Crippen molar-refractivity contribution in [3.8, 4) is 0 Å². The summed E-state index contributed by atoms with van der Waals surface area (Å²) in [6.45, 7) is 5.76. The summed E-state index contributed by atoms with van der Waals surface area (Å²) in [6, 6.07) is 0. The van der Waals surface area contributed by atoms with Crippen molar-refractivity contribution in [2.75, 3.05) is 0 Å². The molecular weight excluding hydrogens is 107 g/mol. The first-order valence-electron chi connectivity index (χ1n) is 2.82. The zero-order valence-corrected chi connectivity index (χ0v) is 6.39. The number of halogens is 1. The van der Waals surface area contributed by atoms with Gasteiger partial charge in [0.05, 0.1) is 0 Å². The van der Waals surface area contributed by atoms with Crippen LogP contribution in [0.4, 0.5) is 4.11 Å². The van der Waals surface area contributed by atoms with Crippen LogP contribution < -0.4 is 0 Å². The Morgan fingerprint density at radius 3 is 2.14 bits per heavy atom. The van der Waals surface area contributed by atoms with Gasteiger partial charge in [-0.2, -0.15) is 0 Å². The minimum atomic E-state index is -1.76. The Bertz CT molecular complexity index is 45.3. The summed E-state index contributed by atoms with van der Waals surface area (Å²) >= 11 is 0. The van der Waals surface area contributed by atoms with Gasteiger partial charge in [-0.3, -0.25) is 0 Å². The molecule has 0 N–H and O–H groups in total. The van der Waals surface area contributed by atoms with E-state index in [1.54, 1.807) is 6.55 Å². The third kappa shape index (κ3) is 2.80. The molecule has 0 fully saturated rings. The third-order valence-corrected chi connectivity index (χ3v) is 3.47. The Morgan fingerprint density at radius 1 is 1.71 bits per heavy atom. The molecule has 0 aliphatic carbocycles. The van der Waals surface area contributed by atoms with Crippen LogP contribution in [-0.2, 0) is 0 Å². The molecule has 0 rings (SSSR count). The van der Waals surface area contributed by atoms with Crippen molar-refractivity contribution in [3.05, 3.63) is 0 Å². The van der Waals surface area contributed by atoms with Gasteiger partial charge in [0, 0.05) is 0 Å². The monoisotopic (exact) mass is 120 g/mol. The highest BCUT2D eigenvalue weighted by molar-refractivity contribution is 6.51. The third-order valence-electron chi connectivity index (χ3n) is 1.43. The lowest BCUT2D eigenvalue weighted by Crippen LogP contribution is -2.04. The van der Waals surface area contributed by atoms with Gasteiger partial charge in [0.15, 0.2) is 0 Å². The van der Waals surface area contributed by atoms with Crippen LogP contribution in [-0.4, -0.2) is 9.13 Å². The van der Waals surface area contributed by atoms with Gasteiger partial charge >= 0.3 is 0 Å². The fraction of sp³-hybridized carbons (Fsp3) is 1.00. The highest BCUT2D eigenvalue weighted by atomic mass is 28.3. The lowest BCUT2D eigenvalue weighted by molar-refractivity contribution is 0.739. The van der Waals surface area contributed by atoms with Gasteiger partial charge in [-0.15, -0.1) is 0 Å². The smallest absolute Gasteiger partial charge is 0.231 e. The number of hydrogen-bond donors (Lipinski definition) is 0. The Hall–Kier alpha value is 0.147. The van der Waals surface area contributed by atoms with Crippen LogP contribution in [0.5, 0.6) is 0 Å². The highest BCUT2D eigenvalue weighted by Gasteiger charge is 2.08. The van der Waals surface area contributed by atoms with Gasteiger partial charge in [0.1, 0.15) is 0 Å². The topological polar surface area (TPSA) is 0 Å². The van der Waals surface area contributed by atoms with E-state index in [4.69, 9.17) is 0 Å². The molecule has 0 radical (unpaired) electrons. The molecule has 0 aliphatic rings. The van der Waals surface area contributed by atoms with Crippen LogP contribution in [0.3, 0.4) is 0 Å². The van der Waals surface area contributed by atoms with E-state index in [0.29, 0.717) is 5.54 Å². The minimum Gasteiger partial charge on any atom is -0.318 e. The van der Waals surface area contributed by atoms with Crippen molar-refractivity contribution in [3.63, 3.8) is 0 Å². The van der Waals surface area contributed by atoms with Crippen LogP contribution in [0.1, 0.15) is 20.3 Å². The van der Waals surface area contributed by atoms with Crippen LogP contribution in [0.25, 0.3) is 0 Å². The van der Waals surface area contributed by atoms with Gasteiger partial charge < -0.3 is 4.11 Å². The first kappa shape index (κ1) is 7.15. The van der Waals surface area contributed by atoms with E-state index in [-0.39, 0.29) is 0 Å². The molecular formula is C5H13FSi.